The van der Waals surface area contributed by atoms with Gasteiger partial charge >= 0.3 is 5.69 Å². The molecule has 2 aromatic heterocycles. The average Bonchev–Trinajstić information content (AvgIpc) is 2.89. The van der Waals surface area contributed by atoms with Crippen molar-refractivity contribution in [2.75, 3.05) is 5.32 Å². The Labute approximate surface area is 115 Å². The third-order valence-corrected chi connectivity index (χ3v) is 3.39. The Hall–Kier alpha value is -2.62. The maximum absolute atomic E-state index is 10.9. The minimum absolute atomic E-state index is 0.319. The van der Waals surface area contributed by atoms with Gasteiger partial charge in [0.1, 0.15) is 17.7 Å². The SMILES string of the molecule is N#Cc1cc2c(nc1NCc1n[nH]c(=O)[nH]1)CCCC2. The molecule has 0 fully saturated rings. The van der Waals surface area contributed by atoms with Crippen LogP contribution in [0.25, 0.3) is 0 Å². The number of H-pyrrole nitrogens is 2. The molecule has 0 radical (unpaired) electrons. The van der Waals surface area contributed by atoms with Crippen LogP contribution in [0.4, 0.5) is 5.82 Å². The fourth-order valence-corrected chi connectivity index (χ4v) is 2.41. The predicted octanol–water partition coefficient (Wildman–Crippen LogP) is 0.856. The molecule has 3 N–H and O–H groups in total. The number of fused-ring (bicyclic) bond motifs is 1. The number of hydrogen-bond acceptors (Lipinski definition) is 5. The van der Waals surface area contributed by atoms with Gasteiger partial charge in [-0.1, -0.05) is 0 Å². The van der Waals surface area contributed by atoms with Crippen LogP contribution in [0.2, 0.25) is 0 Å². The molecule has 0 bridgehead atoms. The van der Waals surface area contributed by atoms with E-state index in [0.29, 0.717) is 23.8 Å². The van der Waals surface area contributed by atoms with Crippen LogP contribution in [0.15, 0.2) is 10.9 Å². The highest BCUT2D eigenvalue weighted by Gasteiger charge is 2.15. The molecular formula is C13H14N6O. The lowest BCUT2D eigenvalue weighted by molar-refractivity contribution is 0.668. The van der Waals surface area contributed by atoms with Gasteiger partial charge in [0.15, 0.2) is 0 Å². The Morgan fingerprint density at radius 3 is 3.00 bits per heavy atom. The molecule has 102 valence electrons. The number of nitrogens with one attached hydrogen (secondary N) is 3. The molecule has 1 aliphatic carbocycles. The molecule has 0 aliphatic heterocycles. The summed E-state index contributed by atoms with van der Waals surface area (Å²) >= 11 is 0. The van der Waals surface area contributed by atoms with Crippen LogP contribution in [0, 0.1) is 11.3 Å². The van der Waals surface area contributed by atoms with Crippen LogP contribution in [0.3, 0.4) is 0 Å². The van der Waals surface area contributed by atoms with Crippen LogP contribution in [0.1, 0.15) is 35.5 Å². The van der Waals surface area contributed by atoms with Gasteiger partial charge in [-0.25, -0.2) is 14.9 Å². The van der Waals surface area contributed by atoms with Crippen molar-refractivity contribution in [1.82, 2.24) is 20.2 Å². The number of aryl methyl sites for hydroxylation is 2. The maximum atomic E-state index is 10.9. The number of aromatic amines is 2. The molecule has 0 amide bonds. The number of aromatic nitrogens is 4. The quantitative estimate of drug-likeness (QED) is 0.766. The van der Waals surface area contributed by atoms with E-state index in [1.807, 2.05) is 6.07 Å². The second kappa shape index (κ2) is 5.17. The zero-order chi connectivity index (χ0) is 13.9. The van der Waals surface area contributed by atoms with E-state index in [-0.39, 0.29) is 5.69 Å². The smallest absolute Gasteiger partial charge is 0.340 e. The predicted molar refractivity (Wildman–Crippen MR) is 72.1 cm³/mol. The van der Waals surface area contributed by atoms with Crippen LogP contribution in [-0.2, 0) is 19.4 Å². The summed E-state index contributed by atoms with van der Waals surface area (Å²) in [6, 6.07) is 4.08. The molecule has 2 heterocycles. The van der Waals surface area contributed by atoms with E-state index < -0.39 is 0 Å². The summed E-state index contributed by atoms with van der Waals surface area (Å²) in [6.07, 6.45) is 4.23. The largest absolute Gasteiger partial charge is 0.362 e. The molecule has 0 aromatic carbocycles. The summed E-state index contributed by atoms with van der Waals surface area (Å²) in [5.41, 5.74) is 2.42. The first-order chi connectivity index (χ1) is 9.76. The number of rotatable bonds is 3. The Bertz CT molecular complexity index is 723. The molecule has 2 aromatic rings. The van der Waals surface area contributed by atoms with Crippen LogP contribution >= 0.6 is 0 Å². The number of hydrogen-bond donors (Lipinski definition) is 3. The summed E-state index contributed by atoms with van der Waals surface area (Å²) in [5, 5.41) is 18.4. The Kier molecular flexibility index (Phi) is 3.21. The molecule has 0 spiro atoms. The molecule has 3 rings (SSSR count). The fraction of sp³-hybridized carbons (Fsp3) is 0.385. The van der Waals surface area contributed by atoms with Crippen LogP contribution < -0.4 is 11.0 Å². The van der Waals surface area contributed by atoms with E-state index >= 15 is 0 Å². The van der Waals surface area contributed by atoms with Gasteiger partial charge in [0.25, 0.3) is 0 Å². The average molecular weight is 270 g/mol. The first-order valence-corrected chi connectivity index (χ1v) is 6.56. The van der Waals surface area contributed by atoms with Gasteiger partial charge in [-0.3, -0.25) is 4.98 Å². The highest BCUT2D eigenvalue weighted by atomic mass is 16.1. The molecule has 0 unspecified atom stereocenters. The highest BCUT2D eigenvalue weighted by Crippen LogP contribution is 2.24. The summed E-state index contributed by atoms with van der Waals surface area (Å²) in [6.45, 7) is 0.319. The van der Waals surface area contributed by atoms with Gasteiger partial charge < -0.3 is 5.32 Å². The number of pyridine rings is 1. The normalized spacial score (nSPS) is 13.6. The van der Waals surface area contributed by atoms with Crippen molar-refractivity contribution in [3.63, 3.8) is 0 Å². The minimum atomic E-state index is -0.347. The van der Waals surface area contributed by atoms with Gasteiger partial charge in [0.05, 0.1) is 12.1 Å². The molecule has 0 atom stereocenters. The third-order valence-electron chi connectivity index (χ3n) is 3.39. The van der Waals surface area contributed by atoms with E-state index in [9.17, 15) is 10.1 Å². The zero-order valence-electron chi connectivity index (χ0n) is 10.9. The van der Waals surface area contributed by atoms with E-state index in [0.717, 1.165) is 31.4 Å². The van der Waals surface area contributed by atoms with Crippen molar-refractivity contribution in [3.05, 3.63) is 39.2 Å². The van der Waals surface area contributed by atoms with E-state index in [2.05, 4.69) is 31.6 Å². The van der Waals surface area contributed by atoms with Gasteiger partial charge in [0.2, 0.25) is 0 Å². The lowest BCUT2D eigenvalue weighted by Crippen LogP contribution is -2.11. The van der Waals surface area contributed by atoms with Gasteiger partial charge in [0, 0.05) is 5.69 Å². The second-order valence-electron chi connectivity index (χ2n) is 4.79. The minimum Gasteiger partial charge on any atom is -0.362 e. The van der Waals surface area contributed by atoms with Crippen molar-refractivity contribution in [2.24, 2.45) is 0 Å². The summed E-state index contributed by atoms with van der Waals surface area (Å²) < 4.78 is 0. The van der Waals surface area contributed by atoms with E-state index in [4.69, 9.17) is 0 Å². The molecule has 7 nitrogen and oxygen atoms in total. The van der Waals surface area contributed by atoms with Crippen molar-refractivity contribution < 1.29 is 0 Å². The summed E-state index contributed by atoms with van der Waals surface area (Å²) in [5.74, 6) is 1.04. The molecule has 20 heavy (non-hydrogen) atoms. The number of nitriles is 1. The maximum Gasteiger partial charge on any atom is 0.340 e. The number of nitrogens with zero attached hydrogens (tertiary/aromatic N) is 3. The first kappa shape index (κ1) is 12.4. The monoisotopic (exact) mass is 270 g/mol. The van der Waals surface area contributed by atoms with Gasteiger partial charge in [-0.2, -0.15) is 10.4 Å². The van der Waals surface area contributed by atoms with Crippen molar-refractivity contribution in [1.29, 1.82) is 5.26 Å². The first-order valence-electron chi connectivity index (χ1n) is 6.56. The van der Waals surface area contributed by atoms with Crippen molar-refractivity contribution >= 4 is 5.82 Å². The molecule has 0 saturated carbocycles. The lowest BCUT2D eigenvalue weighted by atomic mass is 9.95. The Balaban J connectivity index is 1.84. The molecule has 0 saturated heterocycles. The van der Waals surface area contributed by atoms with Crippen molar-refractivity contribution in [3.8, 4) is 6.07 Å². The summed E-state index contributed by atoms with van der Waals surface area (Å²) in [4.78, 5) is 18.0. The third kappa shape index (κ3) is 2.40. The van der Waals surface area contributed by atoms with Gasteiger partial charge in [-0.05, 0) is 37.3 Å². The van der Waals surface area contributed by atoms with Crippen LogP contribution in [-0.4, -0.2) is 20.2 Å². The van der Waals surface area contributed by atoms with Gasteiger partial charge in [-0.15, -0.1) is 0 Å². The number of anilines is 1. The second-order valence-corrected chi connectivity index (χ2v) is 4.79. The van der Waals surface area contributed by atoms with E-state index in [1.165, 1.54) is 5.56 Å². The standard InChI is InChI=1S/C13H14N6O/c14-6-9-5-8-3-1-2-4-10(8)16-12(9)15-7-11-17-13(20)19-18-11/h5H,1-4,7H2,(H,15,16)(H2,17,18,19,20). The summed E-state index contributed by atoms with van der Waals surface area (Å²) in [7, 11) is 0. The fourth-order valence-electron chi connectivity index (χ4n) is 2.41. The van der Waals surface area contributed by atoms with Crippen molar-refractivity contribution in [2.45, 2.75) is 32.2 Å². The van der Waals surface area contributed by atoms with Crippen LogP contribution in [0.5, 0.6) is 0 Å². The molecule has 1 aliphatic rings. The Morgan fingerprint density at radius 2 is 2.25 bits per heavy atom. The molecular weight excluding hydrogens is 256 g/mol. The Morgan fingerprint density at radius 1 is 1.40 bits per heavy atom. The zero-order valence-corrected chi connectivity index (χ0v) is 10.9. The lowest BCUT2D eigenvalue weighted by Gasteiger charge is -2.17. The molecule has 7 heteroatoms. The van der Waals surface area contributed by atoms with E-state index in [1.54, 1.807) is 0 Å². The topological polar surface area (TPSA) is 110 Å². The highest BCUT2D eigenvalue weighted by molar-refractivity contribution is 5.54.